The van der Waals surface area contributed by atoms with Crippen LogP contribution in [0.3, 0.4) is 0 Å². The maximum absolute atomic E-state index is 4.88. The third-order valence-electron chi connectivity index (χ3n) is 3.94. The van der Waals surface area contributed by atoms with Crippen LogP contribution in [-0.2, 0) is 13.1 Å². The highest BCUT2D eigenvalue weighted by molar-refractivity contribution is 14.0. The van der Waals surface area contributed by atoms with Gasteiger partial charge >= 0.3 is 0 Å². The van der Waals surface area contributed by atoms with Crippen molar-refractivity contribution in [3.8, 4) is 0 Å². The predicted molar refractivity (Wildman–Crippen MR) is 102 cm³/mol. The number of halogens is 1. The molecule has 0 aliphatic carbocycles. The molecule has 1 N–H and O–H groups in total. The first-order valence-corrected chi connectivity index (χ1v) is 7.90. The summed E-state index contributed by atoms with van der Waals surface area (Å²) in [5.41, 5.74) is 0.986. The Kier molecular flexibility index (Phi) is 7.50. The van der Waals surface area contributed by atoms with E-state index in [1.807, 2.05) is 30.1 Å². The highest BCUT2D eigenvalue weighted by atomic mass is 127. The zero-order chi connectivity index (χ0) is 15.9. The highest BCUT2D eigenvalue weighted by Gasteiger charge is 2.20. The van der Waals surface area contributed by atoms with E-state index in [1.54, 1.807) is 12.5 Å². The molecule has 2 aromatic heterocycles. The van der Waals surface area contributed by atoms with Gasteiger partial charge in [0.2, 0.25) is 0 Å². The fourth-order valence-electron chi connectivity index (χ4n) is 2.71. The van der Waals surface area contributed by atoms with Crippen molar-refractivity contribution in [1.29, 1.82) is 0 Å². The molecular weight excluding hydrogens is 421 g/mol. The van der Waals surface area contributed by atoms with E-state index in [-0.39, 0.29) is 24.0 Å². The first-order chi connectivity index (χ1) is 11.3. The Morgan fingerprint density at radius 3 is 2.79 bits per heavy atom. The molecule has 0 amide bonds. The van der Waals surface area contributed by atoms with E-state index in [9.17, 15) is 0 Å². The molecule has 0 radical (unpaired) electrons. The van der Waals surface area contributed by atoms with E-state index in [0.29, 0.717) is 0 Å². The number of piperazine rings is 1. The lowest BCUT2D eigenvalue weighted by Gasteiger charge is -2.36. The minimum absolute atomic E-state index is 0. The van der Waals surface area contributed by atoms with Gasteiger partial charge in [-0.1, -0.05) is 5.16 Å². The summed E-state index contributed by atoms with van der Waals surface area (Å²) in [5.74, 6) is 0.957. The third kappa shape index (κ3) is 5.20. The van der Waals surface area contributed by atoms with E-state index in [1.165, 1.54) is 0 Å². The van der Waals surface area contributed by atoms with Gasteiger partial charge in [-0.15, -0.1) is 24.0 Å². The molecule has 2 aromatic rings. The largest absolute Gasteiger partial charge is 0.364 e. The van der Waals surface area contributed by atoms with Crippen LogP contribution in [0.1, 0.15) is 5.69 Å². The molecule has 3 heterocycles. The van der Waals surface area contributed by atoms with Crippen molar-refractivity contribution >= 4 is 29.9 Å². The van der Waals surface area contributed by atoms with Gasteiger partial charge in [-0.2, -0.15) is 5.10 Å². The maximum Gasteiger partial charge on any atom is 0.193 e. The lowest BCUT2D eigenvalue weighted by molar-refractivity contribution is 0.169. The Hall–Kier alpha value is -1.62. The van der Waals surface area contributed by atoms with Crippen LogP contribution < -0.4 is 5.32 Å². The summed E-state index contributed by atoms with van der Waals surface area (Å²) in [6.07, 6.45) is 5.38. The zero-order valence-corrected chi connectivity index (χ0v) is 16.2. The van der Waals surface area contributed by atoms with Crippen molar-refractivity contribution in [1.82, 2.24) is 30.1 Å². The maximum atomic E-state index is 4.88. The molecule has 24 heavy (non-hydrogen) atoms. The van der Waals surface area contributed by atoms with E-state index < -0.39 is 0 Å². The fourth-order valence-corrected chi connectivity index (χ4v) is 2.71. The first-order valence-electron chi connectivity index (χ1n) is 7.90. The molecule has 0 spiro atoms. The minimum Gasteiger partial charge on any atom is -0.364 e. The van der Waals surface area contributed by atoms with Crippen LogP contribution in [-0.4, -0.2) is 70.5 Å². The second-order valence-electron chi connectivity index (χ2n) is 5.50. The van der Waals surface area contributed by atoms with Gasteiger partial charge in [0.15, 0.2) is 5.96 Å². The summed E-state index contributed by atoms with van der Waals surface area (Å²) in [7, 11) is 1.83. The Labute approximate surface area is 158 Å². The molecule has 132 valence electrons. The summed E-state index contributed by atoms with van der Waals surface area (Å²) < 4.78 is 6.80. The molecular formula is C15H24IN7O. The van der Waals surface area contributed by atoms with E-state index >= 15 is 0 Å². The van der Waals surface area contributed by atoms with Gasteiger partial charge in [-0.05, 0) is 6.07 Å². The van der Waals surface area contributed by atoms with Crippen LogP contribution in [0.25, 0.3) is 0 Å². The van der Waals surface area contributed by atoms with E-state index in [2.05, 4.69) is 30.4 Å². The number of nitrogens with one attached hydrogen (secondary N) is 1. The normalized spacial score (nSPS) is 16.0. The molecule has 0 atom stereocenters. The van der Waals surface area contributed by atoms with Crippen molar-refractivity contribution in [3.63, 3.8) is 0 Å². The molecule has 1 saturated heterocycles. The second-order valence-corrected chi connectivity index (χ2v) is 5.50. The predicted octanol–water partition coefficient (Wildman–Crippen LogP) is 0.882. The first kappa shape index (κ1) is 18.7. The number of hydrogen-bond acceptors (Lipinski definition) is 5. The molecule has 0 bridgehead atoms. The second kappa shape index (κ2) is 9.62. The Balaban J connectivity index is 0.00000208. The summed E-state index contributed by atoms with van der Waals surface area (Å²) in [5, 5.41) is 11.6. The van der Waals surface area contributed by atoms with Crippen molar-refractivity contribution < 1.29 is 4.52 Å². The van der Waals surface area contributed by atoms with Crippen molar-refractivity contribution in [3.05, 3.63) is 36.5 Å². The molecule has 3 rings (SSSR count). The number of aliphatic imine (C=N–C) groups is 1. The number of hydrogen-bond donors (Lipinski definition) is 1. The summed E-state index contributed by atoms with van der Waals surface area (Å²) in [4.78, 5) is 9.06. The van der Waals surface area contributed by atoms with E-state index in [0.717, 1.165) is 57.5 Å². The summed E-state index contributed by atoms with van der Waals surface area (Å²) in [6.45, 7) is 6.39. The molecule has 1 aliphatic rings. The van der Waals surface area contributed by atoms with Crippen LogP contribution in [0, 0.1) is 0 Å². The van der Waals surface area contributed by atoms with Gasteiger partial charge in [-0.3, -0.25) is 14.6 Å². The van der Waals surface area contributed by atoms with Crippen molar-refractivity contribution in [2.45, 2.75) is 13.1 Å². The van der Waals surface area contributed by atoms with Gasteiger partial charge in [0, 0.05) is 64.8 Å². The third-order valence-corrected chi connectivity index (χ3v) is 3.94. The van der Waals surface area contributed by atoms with Crippen LogP contribution in [0.4, 0.5) is 0 Å². The van der Waals surface area contributed by atoms with Gasteiger partial charge in [0.1, 0.15) is 6.26 Å². The Morgan fingerprint density at radius 1 is 1.33 bits per heavy atom. The Morgan fingerprint density at radius 2 is 2.17 bits per heavy atom. The molecule has 1 aliphatic heterocycles. The lowest BCUT2D eigenvalue weighted by Crippen LogP contribution is -2.52. The van der Waals surface area contributed by atoms with Gasteiger partial charge < -0.3 is 14.7 Å². The summed E-state index contributed by atoms with van der Waals surface area (Å²) in [6, 6.07) is 3.85. The average Bonchev–Trinajstić information content (AvgIpc) is 3.26. The SMILES string of the molecule is CN=C(NCCn1cccn1)N1CCN(Cc2ccon2)CC1.I. The topological polar surface area (TPSA) is 74.7 Å². The molecule has 9 heteroatoms. The summed E-state index contributed by atoms with van der Waals surface area (Å²) >= 11 is 0. The molecule has 0 saturated carbocycles. The van der Waals surface area contributed by atoms with Crippen LogP contribution in [0.15, 0.2) is 40.3 Å². The number of aromatic nitrogens is 3. The van der Waals surface area contributed by atoms with Crippen molar-refractivity contribution in [2.75, 3.05) is 39.8 Å². The quantitative estimate of drug-likeness (QED) is 0.419. The molecule has 0 aromatic carbocycles. The monoisotopic (exact) mass is 445 g/mol. The Bertz CT molecular complexity index is 591. The highest BCUT2D eigenvalue weighted by Crippen LogP contribution is 2.07. The number of nitrogens with zero attached hydrogens (tertiary/aromatic N) is 6. The smallest absolute Gasteiger partial charge is 0.193 e. The minimum atomic E-state index is 0. The average molecular weight is 445 g/mol. The fraction of sp³-hybridized carbons (Fsp3) is 0.533. The van der Waals surface area contributed by atoms with Crippen LogP contribution >= 0.6 is 24.0 Å². The number of rotatable bonds is 5. The van der Waals surface area contributed by atoms with E-state index in [4.69, 9.17) is 4.52 Å². The molecule has 1 fully saturated rings. The van der Waals surface area contributed by atoms with Gasteiger partial charge in [-0.25, -0.2) is 0 Å². The molecule has 0 unspecified atom stereocenters. The van der Waals surface area contributed by atoms with Gasteiger partial charge in [0.05, 0.1) is 12.2 Å². The lowest BCUT2D eigenvalue weighted by atomic mass is 10.3. The van der Waals surface area contributed by atoms with Crippen LogP contribution in [0.2, 0.25) is 0 Å². The molecule has 8 nitrogen and oxygen atoms in total. The van der Waals surface area contributed by atoms with Crippen molar-refractivity contribution in [2.24, 2.45) is 4.99 Å². The number of guanidine groups is 1. The van der Waals surface area contributed by atoms with Gasteiger partial charge in [0.25, 0.3) is 0 Å². The zero-order valence-electron chi connectivity index (χ0n) is 13.8. The standard InChI is InChI=1S/C15H23N7O.HI/c1-16-15(17-5-7-22-6-2-4-18-22)21-10-8-20(9-11-21)13-14-3-12-23-19-14;/h2-4,6,12H,5,7-11,13H2,1H3,(H,16,17);1H. The van der Waals surface area contributed by atoms with Crippen LogP contribution in [0.5, 0.6) is 0 Å².